The van der Waals surface area contributed by atoms with Crippen LogP contribution in [-0.2, 0) is 6.54 Å². The lowest BCUT2D eigenvalue weighted by Crippen LogP contribution is -2.59. The molecule has 0 unspecified atom stereocenters. The van der Waals surface area contributed by atoms with Crippen LogP contribution in [0.15, 0.2) is 15.2 Å². The van der Waals surface area contributed by atoms with E-state index in [1.54, 1.807) is 11.3 Å². The normalized spacial score (nSPS) is 21.5. The number of nitrogens with zero attached hydrogens (tertiary/aromatic N) is 1. The van der Waals surface area contributed by atoms with E-state index in [0.29, 0.717) is 0 Å². The molecule has 2 heterocycles. The van der Waals surface area contributed by atoms with E-state index in [9.17, 15) is 5.11 Å². The Bertz CT molecular complexity index is 302. The van der Waals surface area contributed by atoms with Crippen molar-refractivity contribution in [2.75, 3.05) is 13.1 Å². The van der Waals surface area contributed by atoms with Crippen LogP contribution in [-0.4, -0.2) is 28.7 Å². The van der Waals surface area contributed by atoms with E-state index in [1.807, 2.05) is 6.92 Å². The molecule has 1 fully saturated rings. The third-order valence-corrected chi connectivity index (χ3v) is 4.03. The Labute approximate surface area is 90.3 Å². The summed E-state index contributed by atoms with van der Waals surface area (Å²) in [6.07, 6.45) is 0. The molecule has 2 nitrogen and oxygen atoms in total. The molecule has 4 heteroatoms. The summed E-state index contributed by atoms with van der Waals surface area (Å²) in [5.41, 5.74) is 0.864. The van der Waals surface area contributed by atoms with Gasteiger partial charge in [0.05, 0.1) is 9.39 Å². The summed E-state index contributed by atoms with van der Waals surface area (Å²) in [4.78, 5) is 2.24. The maximum Gasteiger partial charge on any atom is 0.0872 e. The second kappa shape index (κ2) is 3.35. The highest BCUT2D eigenvalue weighted by Gasteiger charge is 2.36. The minimum absolute atomic E-state index is 0.456. The molecule has 0 spiro atoms. The van der Waals surface area contributed by atoms with Gasteiger partial charge in [0.2, 0.25) is 0 Å². The van der Waals surface area contributed by atoms with Crippen LogP contribution in [0.3, 0.4) is 0 Å². The van der Waals surface area contributed by atoms with Gasteiger partial charge in [-0.25, -0.2) is 0 Å². The third kappa shape index (κ3) is 2.13. The summed E-state index contributed by atoms with van der Waals surface area (Å²) in [5.74, 6) is 0. The zero-order valence-corrected chi connectivity index (χ0v) is 9.86. The maximum absolute atomic E-state index is 9.53. The Morgan fingerprint density at radius 3 is 2.85 bits per heavy atom. The van der Waals surface area contributed by atoms with E-state index >= 15 is 0 Å². The lowest BCUT2D eigenvalue weighted by atomic mass is 9.97. The predicted octanol–water partition coefficient (Wildman–Crippen LogP) is 2.08. The fraction of sp³-hybridized carbons (Fsp3) is 0.556. The molecule has 13 heavy (non-hydrogen) atoms. The fourth-order valence-corrected chi connectivity index (χ4v) is 2.92. The molecule has 0 amide bonds. The first-order valence-electron chi connectivity index (χ1n) is 4.23. The first kappa shape index (κ1) is 9.65. The number of aliphatic hydroxyl groups is 1. The predicted molar refractivity (Wildman–Crippen MR) is 57.9 cm³/mol. The molecule has 1 aromatic rings. The van der Waals surface area contributed by atoms with Crippen molar-refractivity contribution in [2.24, 2.45) is 0 Å². The molecule has 0 bridgehead atoms. The van der Waals surface area contributed by atoms with Crippen LogP contribution in [0.1, 0.15) is 12.5 Å². The molecule has 1 N–H and O–H groups in total. The van der Waals surface area contributed by atoms with Gasteiger partial charge in [-0.3, -0.25) is 4.90 Å². The zero-order chi connectivity index (χ0) is 9.47. The van der Waals surface area contributed by atoms with Gasteiger partial charge in [0.1, 0.15) is 0 Å². The molecule has 1 aromatic heterocycles. The van der Waals surface area contributed by atoms with Crippen LogP contribution in [0.4, 0.5) is 0 Å². The molecule has 72 valence electrons. The van der Waals surface area contributed by atoms with E-state index in [1.165, 1.54) is 9.35 Å². The van der Waals surface area contributed by atoms with E-state index in [0.717, 1.165) is 19.6 Å². The SMILES string of the molecule is CC1(O)CN(Cc2ccsc2Br)C1. The highest BCUT2D eigenvalue weighted by Crippen LogP contribution is 2.28. The zero-order valence-electron chi connectivity index (χ0n) is 7.46. The Morgan fingerprint density at radius 1 is 1.69 bits per heavy atom. The molecule has 0 atom stereocenters. The van der Waals surface area contributed by atoms with Gasteiger partial charge in [0.15, 0.2) is 0 Å². The largest absolute Gasteiger partial charge is 0.388 e. The van der Waals surface area contributed by atoms with Crippen LogP contribution < -0.4 is 0 Å². The van der Waals surface area contributed by atoms with Crippen molar-refractivity contribution in [3.63, 3.8) is 0 Å². The van der Waals surface area contributed by atoms with Crippen LogP contribution in [0.5, 0.6) is 0 Å². The number of rotatable bonds is 2. The number of halogens is 1. The minimum atomic E-state index is -0.456. The van der Waals surface area contributed by atoms with Crippen molar-refractivity contribution in [1.82, 2.24) is 4.90 Å². The van der Waals surface area contributed by atoms with Gasteiger partial charge in [-0.1, -0.05) is 0 Å². The first-order chi connectivity index (χ1) is 6.07. The molecule has 1 aliphatic heterocycles. The number of hydrogen-bond donors (Lipinski definition) is 1. The average Bonchev–Trinajstić information content (AvgIpc) is 2.33. The number of likely N-dealkylation sites (tertiary alicyclic amines) is 1. The smallest absolute Gasteiger partial charge is 0.0872 e. The number of β-amino-alcohol motifs (C(OH)–C–C–N with tert-alkyl or cyclic N) is 1. The van der Waals surface area contributed by atoms with Gasteiger partial charge >= 0.3 is 0 Å². The van der Waals surface area contributed by atoms with Crippen LogP contribution in [0.25, 0.3) is 0 Å². The third-order valence-electron chi connectivity index (χ3n) is 2.22. The lowest BCUT2D eigenvalue weighted by molar-refractivity contribution is -0.0871. The number of hydrogen-bond acceptors (Lipinski definition) is 3. The van der Waals surface area contributed by atoms with Crippen molar-refractivity contribution in [3.05, 3.63) is 20.8 Å². The van der Waals surface area contributed by atoms with E-state index < -0.39 is 5.60 Å². The van der Waals surface area contributed by atoms with Gasteiger partial charge in [0, 0.05) is 19.6 Å². The summed E-state index contributed by atoms with van der Waals surface area (Å²) in [6, 6.07) is 2.13. The topological polar surface area (TPSA) is 23.5 Å². The highest BCUT2D eigenvalue weighted by molar-refractivity contribution is 9.11. The highest BCUT2D eigenvalue weighted by atomic mass is 79.9. The molecule has 1 saturated heterocycles. The van der Waals surface area contributed by atoms with Crippen molar-refractivity contribution in [3.8, 4) is 0 Å². The Hall–Kier alpha value is 0.100. The van der Waals surface area contributed by atoms with Crippen molar-refractivity contribution < 1.29 is 5.11 Å². The summed E-state index contributed by atoms with van der Waals surface area (Å²) >= 11 is 5.21. The summed E-state index contributed by atoms with van der Waals surface area (Å²) < 4.78 is 1.21. The first-order valence-corrected chi connectivity index (χ1v) is 5.91. The maximum atomic E-state index is 9.53. The molecule has 2 rings (SSSR count). The molecule has 1 aliphatic rings. The summed E-state index contributed by atoms with van der Waals surface area (Å²) in [7, 11) is 0. The quantitative estimate of drug-likeness (QED) is 0.882. The standard InChI is InChI=1S/C9H12BrNOS/c1-9(12)5-11(6-9)4-7-2-3-13-8(7)10/h2-3,12H,4-6H2,1H3. The summed E-state index contributed by atoms with van der Waals surface area (Å²) in [6.45, 7) is 4.40. The molecule has 0 saturated carbocycles. The Balaban J connectivity index is 1.91. The van der Waals surface area contributed by atoms with Crippen molar-refractivity contribution in [2.45, 2.75) is 19.1 Å². The average molecular weight is 262 g/mol. The van der Waals surface area contributed by atoms with Gasteiger partial charge in [-0.05, 0) is 39.9 Å². The van der Waals surface area contributed by atoms with Crippen molar-refractivity contribution >= 4 is 27.3 Å². The number of thiophene rings is 1. The van der Waals surface area contributed by atoms with E-state index in [4.69, 9.17) is 0 Å². The monoisotopic (exact) mass is 261 g/mol. The molecule has 0 aliphatic carbocycles. The Kier molecular flexibility index (Phi) is 2.49. The fourth-order valence-electron chi connectivity index (χ4n) is 1.70. The van der Waals surface area contributed by atoms with Gasteiger partial charge in [-0.15, -0.1) is 11.3 Å². The van der Waals surface area contributed by atoms with E-state index in [-0.39, 0.29) is 0 Å². The van der Waals surface area contributed by atoms with Gasteiger partial charge < -0.3 is 5.11 Å². The van der Waals surface area contributed by atoms with Crippen LogP contribution in [0.2, 0.25) is 0 Å². The second-order valence-corrected chi connectivity index (χ2v) is 6.10. The molecular weight excluding hydrogens is 250 g/mol. The van der Waals surface area contributed by atoms with E-state index in [2.05, 4.69) is 32.3 Å². The molecule has 0 radical (unpaired) electrons. The second-order valence-electron chi connectivity index (χ2n) is 3.86. The lowest BCUT2D eigenvalue weighted by Gasteiger charge is -2.44. The summed E-state index contributed by atoms with van der Waals surface area (Å²) in [5, 5.41) is 11.6. The van der Waals surface area contributed by atoms with Gasteiger partial charge in [0.25, 0.3) is 0 Å². The molecule has 0 aromatic carbocycles. The van der Waals surface area contributed by atoms with Gasteiger partial charge in [-0.2, -0.15) is 0 Å². The minimum Gasteiger partial charge on any atom is -0.388 e. The van der Waals surface area contributed by atoms with Crippen molar-refractivity contribution in [1.29, 1.82) is 0 Å². The Morgan fingerprint density at radius 2 is 2.38 bits per heavy atom. The van der Waals surface area contributed by atoms with Crippen LogP contribution in [0, 0.1) is 0 Å². The molecular formula is C9H12BrNOS. The van der Waals surface area contributed by atoms with Crippen LogP contribution >= 0.6 is 27.3 Å².